The van der Waals surface area contributed by atoms with Crippen LogP contribution in [0, 0.1) is 0 Å². The average molecular weight is 325 g/mol. The number of cyclic esters (lactones) is 1. The van der Waals surface area contributed by atoms with Gasteiger partial charge in [-0.05, 0) is 25.1 Å². The standard InChI is InChI=1S/C19H32O2S/c1-2-3-4-5-6-7-8-9-10-11-12-13-14-15-17-16-18(20)21-19(17)22/h16H,2-15H2,1H3. The third-order valence-electron chi connectivity index (χ3n) is 4.30. The molecule has 1 aliphatic heterocycles. The van der Waals surface area contributed by atoms with Gasteiger partial charge >= 0.3 is 5.97 Å². The van der Waals surface area contributed by atoms with Crippen LogP contribution in [0.5, 0.6) is 0 Å². The van der Waals surface area contributed by atoms with Crippen molar-refractivity contribution in [3.05, 3.63) is 11.6 Å². The first-order chi connectivity index (χ1) is 10.7. The minimum Gasteiger partial charge on any atom is -0.411 e. The van der Waals surface area contributed by atoms with Crippen LogP contribution in [-0.4, -0.2) is 11.0 Å². The van der Waals surface area contributed by atoms with E-state index in [4.69, 9.17) is 17.0 Å². The number of ether oxygens (including phenoxy) is 1. The summed E-state index contributed by atoms with van der Waals surface area (Å²) in [6.45, 7) is 2.27. The molecule has 3 heteroatoms. The number of carbonyl (C=O) groups excluding carboxylic acids is 1. The fourth-order valence-corrected chi connectivity index (χ4v) is 3.14. The molecule has 0 spiro atoms. The van der Waals surface area contributed by atoms with Gasteiger partial charge < -0.3 is 4.74 Å². The largest absolute Gasteiger partial charge is 0.411 e. The fourth-order valence-electron chi connectivity index (χ4n) is 2.90. The second-order valence-electron chi connectivity index (χ2n) is 6.37. The van der Waals surface area contributed by atoms with Crippen LogP contribution in [-0.2, 0) is 9.53 Å². The van der Waals surface area contributed by atoms with Gasteiger partial charge in [-0.2, -0.15) is 0 Å². The minimum atomic E-state index is -0.297. The van der Waals surface area contributed by atoms with E-state index in [9.17, 15) is 4.79 Å². The molecule has 22 heavy (non-hydrogen) atoms. The van der Waals surface area contributed by atoms with E-state index >= 15 is 0 Å². The summed E-state index contributed by atoms with van der Waals surface area (Å²) in [6, 6.07) is 0. The Morgan fingerprint density at radius 3 is 1.68 bits per heavy atom. The first-order valence-electron chi connectivity index (χ1n) is 9.20. The van der Waals surface area contributed by atoms with Crippen LogP contribution in [0.15, 0.2) is 11.6 Å². The molecular formula is C19H32O2S. The fraction of sp³-hybridized carbons (Fsp3) is 0.789. The van der Waals surface area contributed by atoms with Gasteiger partial charge in [-0.25, -0.2) is 4.79 Å². The molecule has 0 amide bonds. The number of thiocarbonyl (C=S) groups is 1. The number of rotatable bonds is 14. The van der Waals surface area contributed by atoms with Gasteiger partial charge in [0.05, 0.1) is 0 Å². The molecule has 0 aromatic heterocycles. The lowest BCUT2D eigenvalue weighted by Gasteiger charge is -2.03. The Hall–Kier alpha value is -0.700. The average Bonchev–Trinajstić information content (AvgIpc) is 2.82. The number of esters is 1. The third kappa shape index (κ3) is 9.34. The highest BCUT2D eigenvalue weighted by atomic mass is 32.1. The Morgan fingerprint density at radius 2 is 1.27 bits per heavy atom. The van der Waals surface area contributed by atoms with Gasteiger partial charge in [-0.3, -0.25) is 0 Å². The molecule has 0 unspecified atom stereocenters. The molecule has 0 saturated heterocycles. The van der Waals surface area contributed by atoms with E-state index in [-0.39, 0.29) is 5.97 Å². The van der Waals surface area contributed by atoms with Crippen LogP contribution in [0.1, 0.15) is 96.8 Å². The molecular weight excluding hydrogens is 292 g/mol. The topological polar surface area (TPSA) is 26.3 Å². The summed E-state index contributed by atoms with van der Waals surface area (Å²) in [4.78, 5) is 11.0. The van der Waals surface area contributed by atoms with Gasteiger partial charge in [-0.1, -0.05) is 84.0 Å². The molecule has 0 aromatic rings. The van der Waals surface area contributed by atoms with Crippen molar-refractivity contribution in [2.75, 3.05) is 0 Å². The Bertz CT molecular complexity index is 360. The highest BCUT2D eigenvalue weighted by Gasteiger charge is 2.18. The van der Waals surface area contributed by atoms with Crippen molar-refractivity contribution in [2.24, 2.45) is 0 Å². The molecule has 0 radical (unpaired) electrons. The van der Waals surface area contributed by atoms with Crippen LogP contribution in [0.2, 0.25) is 0 Å². The first-order valence-corrected chi connectivity index (χ1v) is 9.61. The van der Waals surface area contributed by atoms with Crippen LogP contribution >= 0.6 is 12.2 Å². The molecule has 0 fully saturated rings. The van der Waals surface area contributed by atoms with E-state index in [0.717, 1.165) is 18.4 Å². The minimum absolute atomic E-state index is 0.297. The Kier molecular flexibility index (Phi) is 11.3. The summed E-state index contributed by atoms with van der Waals surface area (Å²) in [7, 11) is 0. The van der Waals surface area contributed by atoms with E-state index in [1.54, 1.807) is 6.08 Å². The summed E-state index contributed by atoms with van der Waals surface area (Å²) < 4.78 is 4.84. The van der Waals surface area contributed by atoms with Crippen molar-refractivity contribution in [1.29, 1.82) is 0 Å². The van der Waals surface area contributed by atoms with Crippen molar-refractivity contribution in [2.45, 2.75) is 96.8 Å². The van der Waals surface area contributed by atoms with Crippen LogP contribution < -0.4 is 0 Å². The predicted molar refractivity (Wildman–Crippen MR) is 97.1 cm³/mol. The molecule has 0 aromatic carbocycles. The smallest absolute Gasteiger partial charge is 0.337 e. The summed E-state index contributed by atoms with van der Waals surface area (Å²) in [5.74, 6) is -0.297. The van der Waals surface area contributed by atoms with E-state index in [1.807, 2.05) is 0 Å². The Balaban J connectivity index is 1.79. The molecule has 1 heterocycles. The van der Waals surface area contributed by atoms with Crippen LogP contribution in [0.25, 0.3) is 0 Å². The zero-order chi connectivity index (χ0) is 16.0. The van der Waals surface area contributed by atoms with Crippen LogP contribution in [0.4, 0.5) is 0 Å². The molecule has 0 atom stereocenters. The van der Waals surface area contributed by atoms with Crippen LogP contribution in [0.3, 0.4) is 0 Å². The van der Waals surface area contributed by atoms with Gasteiger partial charge in [0.15, 0.2) is 5.05 Å². The van der Waals surface area contributed by atoms with E-state index < -0.39 is 0 Å². The SMILES string of the molecule is CCCCCCCCCCCCCCCC1=CC(=O)OC1=S. The number of unbranched alkanes of at least 4 members (excludes halogenated alkanes) is 12. The normalized spacial score (nSPS) is 14.3. The molecule has 0 aliphatic carbocycles. The van der Waals surface area contributed by atoms with Gasteiger partial charge in [-0.15, -0.1) is 0 Å². The maximum Gasteiger partial charge on any atom is 0.337 e. The summed E-state index contributed by atoms with van der Waals surface area (Å²) in [5, 5.41) is 0.393. The molecule has 1 rings (SSSR count). The first kappa shape index (κ1) is 19.3. The number of hydrogen-bond acceptors (Lipinski definition) is 3. The highest BCUT2D eigenvalue weighted by Crippen LogP contribution is 2.18. The van der Waals surface area contributed by atoms with Crippen molar-refractivity contribution in [3.63, 3.8) is 0 Å². The Labute approximate surface area is 141 Å². The van der Waals surface area contributed by atoms with Crippen molar-refractivity contribution in [3.8, 4) is 0 Å². The summed E-state index contributed by atoms with van der Waals surface area (Å²) in [5.41, 5.74) is 0.920. The van der Waals surface area contributed by atoms with Gasteiger partial charge in [0.25, 0.3) is 0 Å². The molecule has 1 aliphatic rings. The summed E-state index contributed by atoms with van der Waals surface area (Å²) >= 11 is 5.00. The van der Waals surface area contributed by atoms with Crippen molar-refractivity contribution in [1.82, 2.24) is 0 Å². The monoisotopic (exact) mass is 324 g/mol. The van der Waals surface area contributed by atoms with Gasteiger partial charge in [0.1, 0.15) is 0 Å². The lowest BCUT2D eigenvalue weighted by molar-refractivity contribution is -0.129. The lowest BCUT2D eigenvalue weighted by atomic mass is 10.0. The number of carbonyl (C=O) groups is 1. The lowest BCUT2D eigenvalue weighted by Crippen LogP contribution is -1.99. The maximum atomic E-state index is 11.0. The van der Waals surface area contributed by atoms with E-state index in [0.29, 0.717) is 5.05 Å². The zero-order valence-electron chi connectivity index (χ0n) is 14.2. The molecule has 0 saturated carbocycles. The molecule has 126 valence electrons. The number of hydrogen-bond donors (Lipinski definition) is 0. The van der Waals surface area contributed by atoms with E-state index in [2.05, 4.69) is 6.92 Å². The summed E-state index contributed by atoms with van der Waals surface area (Å²) in [6.07, 6.45) is 20.0. The molecule has 0 N–H and O–H groups in total. The van der Waals surface area contributed by atoms with Gasteiger partial charge in [0, 0.05) is 11.6 Å². The maximum absolute atomic E-state index is 11.0. The zero-order valence-corrected chi connectivity index (χ0v) is 15.0. The second kappa shape index (κ2) is 12.8. The van der Waals surface area contributed by atoms with Gasteiger partial charge in [0.2, 0.25) is 0 Å². The molecule has 0 bridgehead atoms. The van der Waals surface area contributed by atoms with Crippen molar-refractivity contribution < 1.29 is 9.53 Å². The third-order valence-corrected chi connectivity index (χ3v) is 4.64. The van der Waals surface area contributed by atoms with E-state index in [1.165, 1.54) is 77.0 Å². The van der Waals surface area contributed by atoms with Crippen molar-refractivity contribution >= 4 is 23.2 Å². The second-order valence-corrected chi connectivity index (χ2v) is 6.74. The highest BCUT2D eigenvalue weighted by molar-refractivity contribution is 7.80. The predicted octanol–water partition coefficient (Wildman–Crippen LogP) is 6.28. The molecule has 2 nitrogen and oxygen atoms in total. The Morgan fingerprint density at radius 1 is 0.818 bits per heavy atom. The quantitative estimate of drug-likeness (QED) is 0.214.